The first kappa shape index (κ1) is 20.6. The Morgan fingerprint density at radius 1 is 1.14 bits per heavy atom. The van der Waals surface area contributed by atoms with Crippen LogP contribution in [0, 0.1) is 27.7 Å². The average Bonchev–Trinajstić information content (AvgIpc) is 3.27. The zero-order chi connectivity index (χ0) is 21.1. The Labute approximate surface area is 171 Å². The molecule has 29 heavy (non-hydrogen) atoms. The highest BCUT2D eigenvalue weighted by atomic mass is 16.5. The van der Waals surface area contributed by atoms with Gasteiger partial charge >= 0.3 is 0 Å². The standard InChI is InChI=1S/C22H29N5O2/c1-7-27-18(5)19(17(4)23-27)13-25(6)22(28)20-10-11-26(24-20)14-29-21-12-15(2)8-9-16(21)3/h8-12H,7,13-14H2,1-6H3. The van der Waals surface area contributed by atoms with Gasteiger partial charge in [-0.3, -0.25) is 9.48 Å². The number of carbonyl (C=O) groups excluding carboxylic acids is 1. The molecular formula is C22H29N5O2. The van der Waals surface area contributed by atoms with E-state index in [1.54, 1.807) is 28.9 Å². The summed E-state index contributed by atoms with van der Waals surface area (Å²) in [6.07, 6.45) is 1.76. The maximum atomic E-state index is 12.8. The maximum absolute atomic E-state index is 12.8. The van der Waals surface area contributed by atoms with Crippen LogP contribution in [0.4, 0.5) is 0 Å². The molecule has 0 radical (unpaired) electrons. The van der Waals surface area contributed by atoms with Gasteiger partial charge < -0.3 is 9.64 Å². The third-order valence-electron chi connectivity index (χ3n) is 5.13. The van der Waals surface area contributed by atoms with Crippen LogP contribution in [0.15, 0.2) is 30.5 Å². The zero-order valence-electron chi connectivity index (χ0n) is 18.1. The van der Waals surface area contributed by atoms with E-state index in [-0.39, 0.29) is 12.6 Å². The number of amides is 1. The molecule has 2 heterocycles. The van der Waals surface area contributed by atoms with Crippen molar-refractivity contribution >= 4 is 5.91 Å². The lowest BCUT2D eigenvalue weighted by Crippen LogP contribution is -2.27. The number of benzene rings is 1. The van der Waals surface area contributed by atoms with E-state index in [1.165, 1.54) is 0 Å². The van der Waals surface area contributed by atoms with Crippen LogP contribution < -0.4 is 4.74 Å². The lowest BCUT2D eigenvalue weighted by Gasteiger charge is -2.16. The summed E-state index contributed by atoms with van der Waals surface area (Å²) in [5, 5.41) is 8.91. The van der Waals surface area contributed by atoms with Crippen molar-refractivity contribution in [1.29, 1.82) is 0 Å². The number of hydrogen-bond acceptors (Lipinski definition) is 4. The molecule has 0 unspecified atom stereocenters. The molecule has 0 N–H and O–H groups in total. The van der Waals surface area contributed by atoms with Crippen molar-refractivity contribution in [3.63, 3.8) is 0 Å². The Hall–Kier alpha value is -3.09. The Bertz CT molecular complexity index is 1020. The first-order valence-corrected chi connectivity index (χ1v) is 9.82. The van der Waals surface area contributed by atoms with E-state index in [0.717, 1.165) is 40.4 Å². The topological polar surface area (TPSA) is 65.2 Å². The van der Waals surface area contributed by atoms with Gasteiger partial charge in [0.25, 0.3) is 5.91 Å². The molecule has 3 aromatic rings. The maximum Gasteiger partial charge on any atom is 0.274 e. The van der Waals surface area contributed by atoms with Gasteiger partial charge in [0.05, 0.1) is 5.69 Å². The Kier molecular flexibility index (Phi) is 6.06. The minimum atomic E-state index is -0.126. The molecule has 0 aliphatic rings. The normalized spacial score (nSPS) is 11.0. The van der Waals surface area contributed by atoms with E-state index in [4.69, 9.17) is 4.74 Å². The lowest BCUT2D eigenvalue weighted by molar-refractivity contribution is 0.0776. The van der Waals surface area contributed by atoms with E-state index >= 15 is 0 Å². The SMILES string of the molecule is CCn1nc(C)c(CN(C)C(=O)c2ccn(COc3cc(C)ccc3C)n2)c1C. The predicted octanol–water partition coefficient (Wildman–Crippen LogP) is 3.64. The van der Waals surface area contributed by atoms with Crippen LogP contribution in [-0.2, 0) is 19.8 Å². The quantitative estimate of drug-likeness (QED) is 0.613. The summed E-state index contributed by atoms with van der Waals surface area (Å²) in [7, 11) is 1.79. The van der Waals surface area contributed by atoms with Crippen LogP contribution in [0.2, 0.25) is 0 Å². The van der Waals surface area contributed by atoms with Crippen molar-refractivity contribution in [3.05, 3.63) is 64.2 Å². The van der Waals surface area contributed by atoms with Crippen LogP contribution in [0.25, 0.3) is 0 Å². The Morgan fingerprint density at radius 2 is 1.90 bits per heavy atom. The van der Waals surface area contributed by atoms with Crippen LogP contribution in [0.5, 0.6) is 5.75 Å². The molecule has 7 nitrogen and oxygen atoms in total. The van der Waals surface area contributed by atoms with Gasteiger partial charge in [-0.15, -0.1) is 0 Å². The van der Waals surface area contributed by atoms with Crippen LogP contribution in [0.1, 0.15) is 45.5 Å². The highest BCUT2D eigenvalue weighted by molar-refractivity contribution is 5.92. The van der Waals surface area contributed by atoms with Crippen molar-refractivity contribution in [2.45, 2.75) is 54.4 Å². The van der Waals surface area contributed by atoms with Crippen molar-refractivity contribution < 1.29 is 9.53 Å². The second-order valence-electron chi connectivity index (χ2n) is 7.41. The van der Waals surface area contributed by atoms with Gasteiger partial charge in [0.1, 0.15) is 5.75 Å². The van der Waals surface area contributed by atoms with Gasteiger partial charge in [-0.25, -0.2) is 4.68 Å². The van der Waals surface area contributed by atoms with E-state index < -0.39 is 0 Å². The van der Waals surface area contributed by atoms with Crippen LogP contribution in [-0.4, -0.2) is 37.4 Å². The second-order valence-corrected chi connectivity index (χ2v) is 7.41. The van der Waals surface area contributed by atoms with E-state index in [1.807, 2.05) is 44.5 Å². The lowest BCUT2D eigenvalue weighted by atomic mass is 10.1. The molecule has 0 fully saturated rings. The number of aromatic nitrogens is 4. The highest BCUT2D eigenvalue weighted by Crippen LogP contribution is 2.20. The molecule has 1 aromatic carbocycles. The Balaban J connectivity index is 1.65. The molecule has 154 valence electrons. The monoisotopic (exact) mass is 395 g/mol. The molecule has 2 aromatic heterocycles. The largest absolute Gasteiger partial charge is 0.471 e. The fourth-order valence-electron chi connectivity index (χ4n) is 3.32. The number of rotatable bonds is 7. The molecule has 3 rings (SSSR count). The first-order valence-electron chi connectivity index (χ1n) is 9.82. The molecule has 7 heteroatoms. The van der Waals surface area contributed by atoms with Crippen molar-refractivity contribution in [2.75, 3.05) is 7.05 Å². The fraction of sp³-hybridized carbons (Fsp3) is 0.409. The summed E-state index contributed by atoms with van der Waals surface area (Å²) in [5.74, 6) is 0.697. The van der Waals surface area contributed by atoms with E-state index in [0.29, 0.717) is 12.2 Å². The predicted molar refractivity (Wildman–Crippen MR) is 112 cm³/mol. The summed E-state index contributed by atoms with van der Waals surface area (Å²) in [6.45, 7) is 11.7. The summed E-state index contributed by atoms with van der Waals surface area (Å²) >= 11 is 0. The van der Waals surface area contributed by atoms with E-state index in [9.17, 15) is 4.79 Å². The molecule has 0 aliphatic heterocycles. The van der Waals surface area contributed by atoms with Crippen molar-refractivity contribution in [3.8, 4) is 5.75 Å². The number of ether oxygens (including phenoxy) is 1. The average molecular weight is 396 g/mol. The van der Waals surface area contributed by atoms with E-state index in [2.05, 4.69) is 23.2 Å². The smallest absolute Gasteiger partial charge is 0.274 e. The van der Waals surface area contributed by atoms with Gasteiger partial charge in [0.15, 0.2) is 12.4 Å². The summed E-state index contributed by atoms with van der Waals surface area (Å²) in [4.78, 5) is 14.5. The van der Waals surface area contributed by atoms with Crippen molar-refractivity contribution in [2.24, 2.45) is 0 Å². The molecule has 0 bridgehead atoms. The summed E-state index contributed by atoms with van der Waals surface area (Å²) in [6, 6.07) is 7.80. The van der Waals surface area contributed by atoms with Gasteiger partial charge in [0.2, 0.25) is 0 Å². The summed E-state index contributed by atoms with van der Waals surface area (Å²) in [5.41, 5.74) is 5.74. The third-order valence-corrected chi connectivity index (χ3v) is 5.13. The third kappa shape index (κ3) is 4.50. The Morgan fingerprint density at radius 3 is 2.59 bits per heavy atom. The second kappa shape index (κ2) is 8.51. The number of hydrogen-bond donors (Lipinski definition) is 0. The van der Waals surface area contributed by atoms with Gasteiger partial charge in [-0.1, -0.05) is 12.1 Å². The molecule has 0 saturated heterocycles. The number of carbonyl (C=O) groups is 1. The molecule has 1 amide bonds. The summed E-state index contributed by atoms with van der Waals surface area (Å²) < 4.78 is 9.46. The zero-order valence-corrected chi connectivity index (χ0v) is 18.1. The van der Waals surface area contributed by atoms with Gasteiger partial charge in [0, 0.05) is 37.6 Å². The van der Waals surface area contributed by atoms with Gasteiger partial charge in [-0.2, -0.15) is 10.2 Å². The minimum absolute atomic E-state index is 0.126. The molecule has 0 aliphatic carbocycles. The number of aryl methyl sites for hydroxylation is 4. The highest BCUT2D eigenvalue weighted by Gasteiger charge is 2.19. The minimum Gasteiger partial charge on any atom is -0.471 e. The first-order chi connectivity index (χ1) is 13.8. The number of nitrogens with zero attached hydrogens (tertiary/aromatic N) is 5. The van der Waals surface area contributed by atoms with Crippen LogP contribution >= 0.6 is 0 Å². The fourth-order valence-corrected chi connectivity index (χ4v) is 3.32. The molecule has 0 saturated carbocycles. The molecule has 0 spiro atoms. The molecular weight excluding hydrogens is 366 g/mol. The van der Waals surface area contributed by atoms with Crippen LogP contribution in [0.3, 0.4) is 0 Å². The van der Waals surface area contributed by atoms with Gasteiger partial charge in [-0.05, 0) is 57.9 Å². The molecule has 0 atom stereocenters. The van der Waals surface area contributed by atoms with Crippen molar-refractivity contribution in [1.82, 2.24) is 24.5 Å².